The van der Waals surface area contributed by atoms with Crippen LogP contribution in [0.1, 0.15) is 44.2 Å². The maximum Gasteiger partial charge on any atom is 0.205 e. The van der Waals surface area contributed by atoms with E-state index in [9.17, 15) is 0 Å². The van der Waals surface area contributed by atoms with E-state index >= 15 is 0 Å². The predicted octanol–water partition coefficient (Wildman–Crippen LogP) is 4.52. The van der Waals surface area contributed by atoms with Crippen molar-refractivity contribution in [1.29, 1.82) is 0 Å². The van der Waals surface area contributed by atoms with Crippen LogP contribution in [0.3, 0.4) is 0 Å². The molecule has 0 aromatic carbocycles. The van der Waals surface area contributed by atoms with E-state index in [4.69, 9.17) is 12.2 Å². The average molecular weight is 355 g/mol. The van der Waals surface area contributed by atoms with Crippen LogP contribution in [0, 0.1) is 3.95 Å². The third-order valence-electron chi connectivity index (χ3n) is 3.81. The largest absolute Gasteiger partial charge is 0.356 e. The number of thiophene rings is 1. The molecule has 4 nitrogen and oxygen atoms in total. The Morgan fingerprint density at radius 3 is 2.95 bits per heavy atom. The minimum absolute atomic E-state index is 0.00144. The van der Waals surface area contributed by atoms with E-state index < -0.39 is 0 Å². The molecule has 120 valence electrons. The summed E-state index contributed by atoms with van der Waals surface area (Å²) in [5.41, 5.74) is 1.47. The maximum atomic E-state index is 5.48. The Kier molecular flexibility index (Phi) is 4.42. The first-order valence-corrected chi connectivity index (χ1v) is 9.60. The van der Waals surface area contributed by atoms with Crippen molar-refractivity contribution < 1.29 is 0 Å². The highest BCUT2D eigenvalue weighted by Gasteiger charge is 2.25. The predicted molar refractivity (Wildman–Crippen MR) is 97.5 cm³/mol. The fourth-order valence-corrected chi connectivity index (χ4v) is 4.86. The van der Waals surface area contributed by atoms with Crippen LogP contribution in [0.5, 0.6) is 0 Å². The molecule has 0 saturated heterocycles. The zero-order chi connectivity index (χ0) is 15.9. The third-order valence-corrected chi connectivity index (χ3v) is 6.03. The van der Waals surface area contributed by atoms with Crippen molar-refractivity contribution in [2.75, 3.05) is 11.9 Å². The van der Waals surface area contributed by atoms with Crippen LogP contribution in [-0.4, -0.2) is 26.8 Å². The van der Waals surface area contributed by atoms with Crippen LogP contribution in [0.15, 0.2) is 11.4 Å². The minimum atomic E-state index is 0.00144. The summed E-state index contributed by atoms with van der Waals surface area (Å²) < 4.78 is 2.78. The van der Waals surface area contributed by atoms with Gasteiger partial charge in [0, 0.05) is 23.0 Å². The highest BCUT2D eigenvalue weighted by molar-refractivity contribution is 7.73. The number of hydrogen-bond donors (Lipinski definition) is 1. The van der Waals surface area contributed by atoms with Crippen LogP contribution >= 0.6 is 34.9 Å². The number of hydrogen-bond acceptors (Lipinski definition) is 6. The van der Waals surface area contributed by atoms with Gasteiger partial charge in [-0.05, 0) is 63.3 Å². The molecule has 0 fully saturated rings. The van der Waals surface area contributed by atoms with Crippen LogP contribution in [0.2, 0.25) is 0 Å². The quantitative estimate of drug-likeness (QED) is 0.822. The van der Waals surface area contributed by atoms with Gasteiger partial charge >= 0.3 is 0 Å². The Bertz CT molecular complexity index is 707. The normalized spacial score (nSPS) is 19.2. The molecule has 2 aromatic heterocycles. The molecule has 1 aliphatic rings. The van der Waals surface area contributed by atoms with Gasteiger partial charge in [0.15, 0.2) is 3.95 Å². The van der Waals surface area contributed by atoms with Gasteiger partial charge in [-0.2, -0.15) is 0 Å². The van der Waals surface area contributed by atoms with Gasteiger partial charge in [-0.1, -0.05) is 11.3 Å². The highest BCUT2D eigenvalue weighted by atomic mass is 32.1. The fraction of sp³-hybridized carbons (Fsp3) is 0.600. The molecule has 2 aromatic rings. The molecule has 1 atom stereocenters. The van der Waals surface area contributed by atoms with E-state index in [0.29, 0.717) is 6.04 Å². The molecule has 0 amide bonds. The first-order chi connectivity index (χ1) is 10.3. The summed E-state index contributed by atoms with van der Waals surface area (Å²) in [6.45, 7) is 10.5. The van der Waals surface area contributed by atoms with E-state index in [0.717, 1.165) is 28.7 Å². The molecule has 0 saturated carbocycles. The van der Waals surface area contributed by atoms with Gasteiger partial charge < -0.3 is 5.32 Å². The van der Waals surface area contributed by atoms with E-state index in [-0.39, 0.29) is 5.54 Å². The molecule has 0 spiro atoms. The molecule has 0 aliphatic carbocycles. The van der Waals surface area contributed by atoms with Crippen LogP contribution in [0.4, 0.5) is 5.13 Å². The molecule has 22 heavy (non-hydrogen) atoms. The second kappa shape index (κ2) is 6.03. The van der Waals surface area contributed by atoms with Crippen molar-refractivity contribution in [1.82, 2.24) is 14.7 Å². The van der Waals surface area contributed by atoms with Crippen molar-refractivity contribution in [2.24, 2.45) is 0 Å². The van der Waals surface area contributed by atoms with Crippen molar-refractivity contribution in [3.8, 4) is 0 Å². The number of aromatic nitrogens is 2. The summed E-state index contributed by atoms with van der Waals surface area (Å²) in [5.74, 6) is 0. The Morgan fingerprint density at radius 2 is 2.23 bits per heavy atom. The lowest BCUT2D eigenvalue weighted by atomic mass is 10.0. The fourth-order valence-electron chi connectivity index (χ4n) is 2.69. The minimum Gasteiger partial charge on any atom is -0.356 e. The van der Waals surface area contributed by atoms with Crippen LogP contribution in [0.25, 0.3) is 0 Å². The lowest BCUT2D eigenvalue weighted by Gasteiger charge is -2.33. The van der Waals surface area contributed by atoms with Crippen molar-refractivity contribution >= 4 is 40.0 Å². The molecule has 1 unspecified atom stereocenters. The third kappa shape index (κ3) is 3.42. The summed E-state index contributed by atoms with van der Waals surface area (Å²) in [6.07, 6.45) is 1.13. The maximum absolute atomic E-state index is 5.48. The van der Waals surface area contributed by atoms with E-state index in [2.05, 4.69) is 54.5 Å². The van der Waals surface area contributed by atoms with E-state index in [1.165, 1.54) is 10.4 Å². The lowest BCUT2D eigenvalue weighted by molar-refractivity contribution is 0.145. The first-order valence-electron chi connectivity index (χ1n) is 7.50. The van der Waals surface area contributed by atoms with E-state index in [1.807, 2.05) is 16.0 Å². The summed E-state index contributed by atoms with van der Waals surface area (Å²) in [6, 6.07) is 2.68. The molecular weight excluding hydrogens is 332 g/mol. The molecule has 3 rings (SSSR count). The molecule has 0 radical (unpaired) electrons. The number of fused-ring (bicyclic) bond motifs is 1. The van der Waals surface area contributed by atoms with Crippen molar-refractivity contribution in [3.05, 3.63) is 25.8 Å². The molecule has 0 bridgehead atoms. The van der Waals surface area contributed by atoms with Crippen molar-refractivity contribution in [2.45, 2.75) is 52.4 Å². The zero-order valence-corrected chi connectivity index (χ0v) is 15.9. The second-order valence-electron chi connectivity index (χ2n) is 6.73. The monoisotopic (exact) mass is 354 g/mol. The Balaban J connectivity index is 1.76. The van der Waals surface area contributed by atoms with Gasteiger partial charge in [0.05, 0.1) is 6.67 Å². The van der Waals surface area contributed by atoms with Gasteiger partial charge in [0.1, 0.15) is 0 Å². The second-order valence-corrected chi connectivity index (χ2v) is 9.35. The smallest absolute Gasteiger partial charge is 0.205 e. The summed E-state index contributed by atoms with van der Waals surface area (Å²) in [5, 5.41) is 11.2. The molecule has 7 heteroatoms. The van der Waals surface area contributed by atoms with E-state index in [1.54, 1.807) is 11.3 Å². The molecular formula is C15H22N4S3. The number of nitrogens with zero attached hydrogens (tertiary/aromatic N) is 3. The van der Waals surface area contributed by atoms with Gasteiger partial charge in [0.25, 0.3) is 0 Å². The summed E-state index contributed by atoms with van der Waals surface area (Å²) in [7, 11) is 0. The Hall–Kier alpha value is -0.760. The topological polar surface area (TPSA) is 33.1 Å². The summed E-state index contributed by atoms with van der Waals surface area (Å²) >= 11 is 8.91. The lowest BCUT2D eigenvalue weighted by Crippen LogP contribution is -2.35. The number of anilines is 1. The molecule has 1 N–H and O–H groups in total. The molecule has 3 heterocycles. The highest BCUT2D eigenvalue weighted by Crippen LogP contribution is 2.33. The van der Waals surface area contributed by atoms with Crippen LogP contribution < -0.4 is 5.32 Å². The number of rotatable bonds is 3. The van der Waals surface area contributed by atoms with Gasteiger partial charge in [0.2, 0.25) is 5.13 Å². The van der Waals surface area contributed by atoms with Gasteiger partial charge in [-0.15, -0.1) is 16.4 Å². The molecule has 1 aliphatic heterocycles. The Morgan fingerprint density at radius 1 is 1.45 bits per heavy atom. The van der Waals surface area contributed by atoms with Gasteiger partial charge in [-0.25, -0.2) is 4.68 Å². The van der Waals surface area contributed by atoms with Crippen LogP contribution in [-0.2, 0) is 13.1 Å². The first kappa shape index (κ1) is 16.1. The average Bonchev–Trinajstić information content (AvgIpc) is 2.99. The van der Waals surface area contributed by atoms with Gasteiger partial charge in [-0.3, -0.25) is 4.90 Å². The standard InChI is InChI=1S/C15H22N4S3/c1-10-11-6-8-21-12(11)5-7-18(10)9-19-14(20)22-13(17-19)16-15(2,3)4/h6,8,10H,5,7,9H2,1-4H3,(H,16,17). The Labute approximate surface area is 144 Å². The number of nitrogens with one attached hydrogen (secondary N) is 1. The zero-order valence-electron chi connectivity index (χ0n) is 13.4. The van der Waals surface area contributed by atoms with Crippen molar-refractivity contribution in [3.63, 3.8) is 0 Å². The summed E-state index contributed by atoms with van der Waals surface area (Å²) in [4.78, 5) is 3.98. The SMILES string of the molecule is CC1c2ccsc2CCN1Cn1nc(NC(C)(C)C)sc1=S.